The molecule has 160 valence electrons. The number of carboxylic acids is 2. The predicted octanol–water partition coefficient (Wildman–Crippen LogP) is 4.21. The van der Waals surface area contributed by atoms with Crippen LogP contribution in [0.2, 0.25) is 0 Å². The van der Waals surface area contributed by atoms with Crippen LogP contribution in [-0.2, 0) is 9.59 Å². The summed E-state index contributed by atoms with van der Waals surface area (Å²) >= 11 is 1.50. The van der Waals surface area contributed by atoms with Crippen molar-refractivity contribution in [1.29, 1.82) is 5.26 Å². The Morgan fingerprint density at radius 1 is 1.13 bits per heavy atom. The van der Waals surface area contributed by atoms with E-state index >= 15 is 0 Å². The summed E-state index contributed by atoms with van der Waals surface area (Å²) in [5, 5.41) is 28.9. The maximum absolute atomic E-state index is 9.55. The molecule has 0 spiro atoms. The number of hydrogen-bond acceptors (Lipinski definition) is 6. The molecule has 3 rings (SSSR count). The second-order valence-electron chi connectivity index (χ2n) is 6.31. The Balaban J connectivity index is 0.000000366. The van der Waals surface area contributed by atoms with E-state index < -0.39 is 11.9 Å². The van der Waals surface area contributed by atoms with Crippen LogP contribution in [0.15, 0.2) is 66.7 Å². The minimum atomic E-state index is -1.26. The molecule has 1 atom stereocenters. The second kappa shape index (κ2) is 12.1. The Morgan fingerprint density at radius 3 is 2.39 bits per heavy atom. The Morgan fingerprint density at radius 2 is 1.81 bits per heavy atom. The van der Waals surface area contributed by atoms with Crippen molar-refractivity contribution in [1.82, 2.24) is 5.32 Å². The predicted molar refractivity (Wildman–Crippen MR) is 119 cm³/mol. The fraction of sp³-hybridized carbons (Fsp3) is 0.174. The number of nitriles is 1. The van der Waals surface area contributed by atoms with Crippen LogP contribution in [0.25, 0.3) is 10.1 Å². The van der Waals surface area contributed by atoms with E-state index in [0.717, 1.165) is 34.4 Å². The van der Waals surface area contributed by atoms with E-state index in [1.165, 1.54) is 11.3 Å². The lowest BCUT2D eigenvalue weighted by Crippen LogP contribution is -2.16. The van der Waals surface area contributed by atoms with E-state index in [1.807, 2.05) is 49.5 Å². The van der Waals surface area contributed by atoms with Gasteiger partial charge in [-0.3, -0.25) is 0 Å². The molecule has 1 heterocycles. The van der Waals surface area contributed by atoms with Crippen LogP contribution >= 0.6 is 11.3 Å². The zero-order valence-corrected chi connectivity index (χ0v) is 17.6. The van der Waals surface area contributed by atoms with Crippen molar-refractivity contribution in [3.8, 4) is 11.8 Å². The van der Waals surface area contributed by atoms with Crippen molar-refractivity contribution in [2.24, 2.45) is 0 Å². The third-order valence-corrected chi connectivity index (χ3v) is 5.10. The van der Waals surface area contributed by atoms with Crippen LogP contribution in [0.1, 0.15) is 23.0 Å². The lowest BCUT2D eigenvalue weighted by atomic mass is 10.1. The van der Waals surface area contributed by atoms with Gasteiger partial charge in [-0.15, -0.1) is 11.3 Å². The number of nitrogens with zero attached hydrogens (tertiary/aromatic N) is 1. The molecule has 31 heavy (non-hydrogen) atoms. The van der Waals surface area contributed by atoms with Gasteiger partial charge in [0.15, 0.2) is 0 Å². The maximum Gasteiger partial charge on any atom is 0.328 e. The fourth-order valence-electron chi connectivity index (χ4n) is 2.72. The number of benzene rings is 2. The van der Waals surface area contributed by atoms with Crippen LogP contribution < -0.4 is 10.1 Å². The van der Waals surface area contributed by atoms with E-state index in [0.29, 0.717) is 17.0 Å². The summed E-state index contributed by atoms with van der Waals surface area (Å²) in [5.41, 5.74) is 1.16. The third kappa shape index (κ3) is 7.59. The molecule has 7 nitrogen and oxygen atoms in total. The topological polar surface area (TPSA) is 120 Å². The summed E-state index contributed by atoms with van der Waals surface area (Å²) in [5.74, 6) is -1.68. The fourth-order valence-corrected chi connectivity index (χ4v) is 3.60. The average Bonchev–Trinajstić information content (AvgIpc) is 3.20. The van der Waals surface area contributed by atoms with Crippen LogP contribution in [0.5, 0.6) is 5.75 Å². The first-order valence-electron chi connectivity index (χ1n) is 9.37. The number of ether oxygens (including phenoxy) is 1. The number of fused-ring (bicyclic) bond motifs is 1. The van der Waals surface area contributed by atoms with Gasteiger partial charge in [0.2, 0.25) is 0 Å². The molecule has 8 heteroatoms. The highest BCUT2D eigenvalue weighted by molar-refractivity contribution is 7.19. The summed E-state index contributed by atoms with van der Waals surface area (Å²) in [4.78, 5) is 19.8. The van der Waals surface area contributed by atoms with Gasteiger partial charge in [0, 0.05) is 28.7 Å². The summed E-state index contributed by atoms with van der Waals surface area (Å²) < 4.78 is 7.41. The highest BCUT2D eigenvalue weighted by Crippen LogP contribution is 2.35. The molecular weight excluding hydrogens is 416 g/mol. The number of rotatable bonds is 8. The number of carboxylic acid groups (broad SMARTS) is 2. The first-order chi connectivity index (χ1) is 14.9. The molecule has 3 N–H and O–H groups in total. The van der Waals surface area contributed by atoms with Crippen LogP contribution in [0.3, 0.4) is 0 Å². The first-order valence-corrected chi connectivity index (χ1v) is 10.2. The minimum absolute atomic E-state index is 0.0142. The van der Waals surface area contributed by atoms with Gasteiger partial charge in [-0.25, -0.2) is 9.59 Å². The van der Waals surface area contributed by atoms with Gasteiger partial charge in [-0.1, -0.05) is 36.4 Å². The van der Waals surface area contributed by atoms with Gasteiger partial charge in [-0.05, 0) is 37.4 Å². The Labute approximate surface area is 183 Å². The normalized spacial score (nSPS) is 11.4. The van der Waals surface area contributed by atoms with Crippen molar-refractivity contribution in [3.63, 3.8) is 0 Å². The highest BCUT2D eigenvalue weighted by atomic mass is 32.1. The number of hydrogen-bond donors (Lipinski definition) is 3. The Kier molecular flexibility index (Phi) is 9.23. The lowest BCUT2D eigenvalue weighted by molar-refractivity contribution is -0.134. The molecule has 0 bridgehead atoms. The molecule has 0 aliphatic rings. The van der Waals surface area contributed by atoms with Crippen LogP contribution in [0, 0.1) is 11.3 Å². The van der Waals surface area contributed by atoms with E-state index in [4.69, 9.17) is 20.2 Å². The highest BCUT2D eigenvalue weighted by Gasteiger charge is 2.15. The van der Waals surface area contributed by atoms with Crippen molar-refractivity contribution in [2.75, 3.05) is 13.6 Å². The van der Waals surface area contributed by atoms with Gasteiger partial charge < -0.3 is 20.3 Å². The van der Waals surface area contributed by atoms with Gasteiger partial charge in [0.05, 0.1) is 0 Å². The lowest BCUT2D eigenvalue weighted by Gasteiger charge is -2.20. The van der Waals surface area contributed by atoms with Crippen molar-refractivity contribution < 1.29 is 24.5 Å². The van der Waals surface area contributed by atoms with Crippen molar-refractivity contribution >= 4 is 33.4 Å². The monoisotopic (exact) mass is 438 g/mol. The van der Waals surface area contributed by atoms with Crippen LogP contribution in [0.4, 0.5) is 0 Å². The molecule has 1 aromatic heterocycles. The Bertz CT molecular complexity index is 1070. The SMILES string of the molecule is CNCC[C@@H](Oc1cccc2sc(C#N)cc12)c1ccccc1.O=C(O)/C=C/C(=O)O. The molecule has 0 amide bonds. The number of aliphatic carboxylic acids is 2. The third-order valence-electron chi connectivity index (χ3n) is 4.10. The maximum atomic E-state index is 9.55. The van der Waals surface area contributed by atoms with E-state index in [-0.39, 0.29) is 6.10 Å². The zero-order chi connectivity index (χ0) is 22.6. The first kappa shape index (κ1) is 23.6. The largest absolute Gasteiger partial charge is 0.485 e. The van der Waals surface area contributed by atoms with E-state index in [1.54, 1.807) is 0 Å². The summed E-state index contributed by atoms with van der Waals surface area (Å²) in [7, 11) is 1.95. The van der Waals surface area contributed by atoms with E-state index in [9.17, 15) is 9.59 Å². The standard InChI is InChI=1S/C19H18N2OS.C4H4O4/c1-21-11-10-17(14-6-3-2-4-7-14)22-18-8-5-9-19-16(18)12-15(13-20)23-19;5-3(6)1-2-4(7)8/h2-9,12,17,21H,10-11H2,1H3;1-2H,(H,5,6)(H,7,8)/b;2-1+/t17-;/m1./s1. The number of thiophene rings is 1. The van der Waals surface area contributed by atoms with Gasteiger partial charge >= 0.3 is 11.9 Å². The van der Waals surface area contributed by atoms with Crippen molar-refractivity contribution in [2.45, 2.75) is 12.5 Å². The molecule has 0 saturated carbocycles. The molecule has 0 aliphatic heterocycles. The molecule has 0 unspecified atom stereocenters. The van der Waals surface area contributed by atoms with Gasteiger partial charge in [0.25, 0.3) is 0 Å². The zero-order valence-electron chi connectivity index (χ0n) is 16.8. The quantitative estimate of drug-likeness (QED) is 0.451. The molecule has 3 aromatic rings. The second-order valence-corrected chi connectivity index (χ2v) is 7.39. The summed E-state index contributed by atoms with van der Waals surface area (Å²) in [6.07, 6.45) is 1.98. The minimum Gasteiger partial charge on any atom is -0.485 e. The molecular formula is C23H22N2O5S. The molecule has 2 aromatic carbocycles. The summed E-state index contributed by atoms with van der Waals surface area (Å²) in [6, 6.07) is 20.4. The van der Waals surface area contributed by atoms with Gasteiger partial charge in [0.1, 0.15) is 22.8 Å². The number of nitrogens with one attached hydrogen (secondary N) is 1. The Hall–Kier alpha value is -3.67. The van der Waals surface area contributed by atoms with Crippen LogP contribution in [-0.4, -0.2) is 35.7 Å². The molecule has 0 radical (unpaired) electrons. The van der Waals surface area contributed by atoms with Crippen molar-refractivity contribution in [3.05, 3.63) is 77.2 Å². The molecule has 0 aliphatic carbocycles. The van der Waals surface area contributed by atoms with Gasteiger partial charge in [-0.2, -0.15) is 5.26 Å². The van der Waals surface area contributed by atoms with E-state index in [2.05, 4.69) is 23.5 Å². The smallest absolute Gasteiger partial charge is 0.328 e. The number of carbonyl (C=O) groups is 2. The molecule has 0 fully saturated rings. The summed E-state index contributed by atoms with van der Waals surface area (Å²) in [6.45, 7) is 0.878. The average molecular weight is 439 g/mol. The molecule has 0 saturated heterocycles.